The molecule has 100 valence electrons. The van der Waals surface area contributed by atoms with Crippen LogP contribution in [0.1, 0.15) is 13.8 Å². The van der Waals surface area contributed by atoms with Crippen LogP contribution >= 0.6 is 0 Å². The number of nitrogens with zero attached hydrogens (tertiary/aromatic N) is 1. The molecule has 0 aromatic carbocycles. The van der Waals surface area contributed by atoms with E-state index in [1.165, 1.54) is 12.0 Å². The topological polar surface area (TPSA) is 99.1 Å². The van der Waals surface area contributed by atoms with Gasteiger partial charge in [-0.25, -0.2) is 9.59 Å². The molecule has 0 bridgehead atoms. The summed E-state index contributed by atoms with van der Waals surface area (Å²) in [6.45, 7) is 3.70. The van der Waals surface area contributed by atoms with Crippen molar-refractivity contribution in [3.05, 3.63) is 0 Å². The largest absolute Gasteiger partial charge is 0.480 e. The van der Waals surface area contributed by atoms with Gasteiger partial charge in [-0.3, -0.25) is 0 Å². The van der Waals surface area contributed by atoms with Crippen molar-refractivity contribution in [2.24, 2.45) is 0 Å². The number of aliphatic hydroxyl groups excluding tert-OH is 1. The molecular weight excluding hydrogens is 228 g/mol. The first kappa shape index (κ1) is 15.7. The minimum atomic E-state index is -1.29. The van der Waals surface area contributed by atoms with Crippen molar-refractivity contribution in [3.8, 4) is 0 Å². The van der Waals surface area contributed by atoms with Crippen molar-refractivity contribution in [1.82, 2.24) is 10.2 Å². The molecule has 0 rings (SSSR count). The molecule has 3 N–H and O–H groups in total. The van der Waals surface area contributed by atoms with Crippen molar-refractivity contribution in [2.75, 3.05) is 26.9 Å². The number of rotatable bonds is 7. The Morgan fingerprint density at radius 1 is 1.41 bits per heavy atom. The van der Waals surface area contributed by atoms with E-state index in [0.717, 1.165) is 0 Å². The number of carbonyl (C=O) groups is 2. The molecule has 2 amide bonds. The molecule has 0 aliphatic heterocycles. The third-order valence-electron chi connectivity index (χ3n) is 2.20. The van der Waals surface area contributed by atoms with Crippen LogP contribution in [0.5, 0.6) is 0 Å². The Morgan fingerprint density at radius 2 is 2.00 bits per heavy atom. The van der Waals surface area contributed by atoms with Crippen LogP contribution in [0.25, 0.3) is 0 Å². The van der Waals surface area contributed by atoms with Gasteiger partial charge in [-0.15, -0.1) is 0 Å². The van der Waals surface area contributed by atoms with E-state index < -0.39 is 24.6 Å². The highest BCUT2D eigenvalue weighted by molar-refractivity contribution is 5.82. The van der Waals surface area contributed by atoms with Crippen LogP contribution in [0, 0.1) is 0 Å². The third kappa shape index (κ3) is 5.50. The average Bonchev–Trinajstić information content (AvgIpc) is 2.25. The van der Waals surface area contributed by atoms with Gasteiger partial charge in [0.1, 0.15) is 0 Å². The van der Waals surface area contributed by atoms with E-state index in [-0.39, 0.29) is 6.04 Å². The molecule has 7 heteroatoms. The molecule has 0 fully saturated rings. The second-order valence-electron chi connectivity index (χ2n) is 3.80. The van der Waals surface area contributed by atoms with Crippen LogP contribution in [-0.2, 0) is 9.53 Å². The molecule has 0 saturated carbocycles. The molecule has 0 aliphatic carbocycles. The first-order valence-corrected chi connectivity index (χ1v) is 5.33. The summed E-state index contributed by atoms with van der Waals surface area (Å²) in [6, 6.07) is -1.90. The van der Waals surface area contributed by atoms with Gasteiger partial charge in [0.15, 0.2) is 6.04 Å². The van der Waals surface area contributed by atoms with Crippen LogP contribution in [0.15, 0.2) is 0 Å². The Kier molecular flexibility index (Phi) is 7.24. The van der Waals surface area contributed by atoms with Gasteiger partial charge in [0.2, 0.25) is 0 Å². The Morgan fingerprint density at radius 3 is 2.35 bits per heavy atom. The number of carboxylic acid groups (broad SMARTS) is 1. The summed E-state index contributed by atoms with van der Waals surface area (Å²) >= 11 is 0. The molecule has 0 spiro atoms. The number of nitrogens with one attached hydrogen (secondary N) is 1. The number of hydrogen-bond donors (Lipinski definition) is 3. The Balaban J connectivity index is 4.45. The first-order chi connectivity index (χ1) is 7.93. The standard InChI is InChI=1S/C10H20N2O5/c1-7(2)12(4-5-17-3)10(16)11-8(6-13)9(14)15/h7-8,13H,4-6H2,1-3H3,(H,11,16)(H,14,15)/t8-/m1/s1. The molecule has 0 unspecified atom stereocenters. The van der Waals surface area contributed by atoms with E-state index in [1.807, 2.05) is 13.8 Å². The quantitative estimate of drug-likeness (QED) is 0.564. The lowest BCUT2D eigenvalue weighted by Gasteiger charge is -2.27. The van der Waals surface area contributed by atoms with Crippen molar-refractivity contribution in [3.63, 3.8) is 0 Å². The van der Waals surface area contributed by atoms with Gasteiger partial charge < -0.3 is 25.2 Å². The maximum Gasteiger partial charge on any atom is 0.328 e. The highest BCUT2D eigenvalue weighted by Crippen LogP contribution is 1.99. The van der Waals surface area contributed by atoms with E-state index in [0.29, 0.717) is 13.2 Å². The van der Waals surface area contributed by atoms with Crippen LogP contribution in [-0.4, -0.2) is 66.1 Å². The summed E-state index contributed by atoms with van der Waals surface area (Å²) in [5.41, 5.74) is 0. The van der Waals surface area contributed by atoms with Crippen molar-refractivity contribution in [1.29, 1.82) is 0 Å². The predicted octanol–water partition coefficient (Wildman–Crippen LogP) is -0.502. The smallest absolute Gasteiger partial charge is 0.328 e. The third-order valence-corrected chi connectivity index (χ3v) is 2.20. The summed E-state index contributed by atoms with van der Waals surface area (Å²) < 4.78 is 4.86. The Labute approximate surface area is 100 Å². The molecule has 0 aromatic rings. The highest BCUT2D eigenvalue weighted by atomic mass is 16.5. The summed E-state index contributed by atoms with van der Waals surface area (Å²) in [5.74, 6) is -1.27. The lowest BCUT2D eigenvalue weighted by Crippen LogP contribution is -2.52. The van der Waals surface area contributed by atoms with Crippen molar-refractivity contribution >= 4 is 12.0 Å². The number of hydrogen-bond acceptors (Lipinski definition) is 4. The number of amides is 2. The fourth-order valence-corrected chi connectivity index (χ4v) is 1.20. The monoisotopic (exact) mass is 248 g/mol. The predicted molar refractivity (Wildman–Crippen MR) is 60.8 cm³/mol. The summed E-state index contributed by atoms with van der Waals surface area (Å²) in [5, 5.41) is 19.7. The first-order valence-electron chi connectivity index (χ1n) is 5.33. The lowest BCUT2D eigenvalue weighted by atomic mass is 10.3. The van der Waals surface area contributed by atoms with Gasteiger partial charge in [0, 0.05) is 19.7 Å². The summed E-state index contributed by atoms with van der Waals surface area (Å²) in [4.78, 5) is 23.8. The van der Waals surface area contributed by atoms with E-state index in [9.17, 15) is 9.59 Å². The molecule has 1 atom stereocenters. The highest BCUT2D eigenvalue weighted by Gasteiger charge is 2.23. The number of urea groups is 1. The van der Waals surface area contributed by atoms with Crippen molar-refractivity contribution in [2.45, 2.75) is 25.9 Å². The van der Waals surface area contributed by atoms with Crippen LogP contribution in [0.4, 0.5) is 4.79 Å². The van der Waals surface area contributed by atoms with Gasteiger partial charge in [-0.05, 0) is 13.8 Å². The number of carbonyl (C=O) groups excluding carboxylic acids is 1. The Bertz CT molecular complexity index is 257. The number of aliphatic carboxylic acids is 1. The molecule has 7 nitrogen and oxygen atoms in total. The second-order valence-corrected chi connectivity index (χ2v) is 3.80. The maximum atomic E-state index is 11.7. The molecular formula is C10H20N2O5. The zero-order valence-electron chi connectivity index (χ0n) is 10.3. The van der Waals surface area contributed by atoms with Crippen LogP contribution in [0.3, 0.4) is 0 Å². The minimum Gasteiger partial charge on any atom is -0.480 e. The van der Waals surface area contributed by atoms with Crippen LogP contribution < -0.4 is 5.32 Å². The summed E-state index contributed by atoms with van der Waals surface area (Å²) in [7, 11) is 1.52. The van der Waals surface area contributed by atoms with Gasteiger partial charge in [-0.2, -0.15) is 0 Å². The zero-order chi connectivity index (χ0) is 13.4. The van der Waals surface area contributed by atoms with E-state index in [1.54, 1.807) is 0 Å². The zero-order valence-corrected chi connectivity index (χ0v) is 10.3. The number of methoxy groups -OCH3 is 1. The fourth-order valence-electron chi connectivity index (χ4n) is 1.20. The lowest BCUT2D eigenvalue weighted by molar-refractivity contribution is -0.140. The molecule has 0 heterocycles. The van der Waals surface area contributed by atoms with Crippen LogP contribution in [0.2, 0.25) is 0 Å². The fraction of sp³-hybridized carbons (Fsp3) is 0.800. The van der Waals surface area contributed by atoms with Crippen molar-refractivity contribution < 1.29 is 24.5 Å². The summed E-state index contributed by atoms with van der Waals surface area (Å²) in [6.07, 6.45) is 0. The average molecular weight is 248 g/mol. The van der Waals surface area contributed by atoms with Gasteiger partial charge >= 0.3 is 12.0 Å². The van der Waals surface area contributed by atoms with Gasteiger partial charge in [-0.1, -0.05) is 0 Å². The van der Waals surface area contributed by atoms with E-state index in [4.69, 9.17) is 14.9 Å². The number of aliphatic hydroxyl groups is 1. The minimum absolute atomic E-state index is 0.0849. The Hall–Kier alpha value is -1.34. The normalized spacial score (nSPS) is 12.3. The molecule has 0 aromatic heterocycles. The molecule has 0 saturated heterocycles. The number of carboxylic acids is 1. The molecule has 17 heavy (non-hydrogen) atoms. The SMILES string of the molecule is COCCN(C(=O)N[C@H](CO)C(=O)O)C(C)C. The number of ether oxygens (including phenoxy) is 1. The molecule has 0 aliphatic rings. The van der Waals surface area contributed by atoms with Gasteiger partial charge in [0.05, 0.1) is 13.2 Å². The van der Waals surface area contributed by atoms with E-state index >= 15 is 0 Å². The second kappa shape index (κ2) is 7.86. The molecule has 0 radical (unpaired) electrons. The maximum absolute atomic E-state index is 11.7. The van der Waals surface area contributed by atoms with Gasteiger partial charge in [0.25, 0.3) is 0 Å². The van der Waals surface area contributed by atoms with E-state index in [2.05, 4.69) is 5.32 Å².